The van der Waals surface area contributed by atoms with Crippen molar-refractivity contribution in [1.29, 1.82) is 0 Å². The van der Waals surface area contributed by atoms with E-state index in [1.54, 1.807) is 12.1 Å². The number of alkyl halides is 3. The third-order valence-electron chi connectivity index (χ3n) is 6.00. The van der Waals surface area contributed by atoms with Crippen LogP contribution in [0.3, 0.4) is 0 Å². The number of fused-ring (bicyclic) bond motifs is 1. The minimum absolute atomic E-state index is 0.268. The lowest BCUT2D eigenvalue weighted by Gasteiger charge is -2.36. The molecule has 0 saturated carbocycles. The van der Waals surface area contributed by atoms with Crippen molar-refractivity contribution in [2.45, 2.75) is 38.4 Å². The number of anilines is 1. The largest absolute Gasteiger partial charge is 0.416 e. The molecule has 29 heavy (non-hydrogen) atoms. The lowest BCUT2D eigenvalue weighted by Crippen LogP contribution is -2.46. The predicted molar refractivity (Wildman–Crippen MR) is 106 cm³/mol. The number of aryl methyl sites for hydroxylation is 1. The van der Waals surface area contributed by atoms with Crippen LogP contribution in [0.4, 0.5) is 18.9 Å². The number of rotatable bonds is 5. The van der Waals surface area contributed by atoms with Crippen molar-refractivity contribution in [3.63, 3.8) is 0 Å². The van der Waals surface area contributed by atoms with E-state index < -0.39 is 11.7 Å². The lowest BCUT2D eigenvalue weighted by molar-refractivity contribution is -0.137. The van der Waals surface area contributed by atoms with E-state index in [1.807, 2.05) is 12.3 Å². The van der Waals surface area contributed by atoms with Crippen LogP contribution in [0.15, 0.2) is 36.5 Å². The molecule has 0 bridgehead atoms. The zero-order valence-corrected chi connectivity index (χ0v) is 16.4. The lowest BCUT2D eigenvalue weighted by atomic mass is 9.97. The van der Waals surface area contributed by atoms with Gasteiger partial charge in [0.05, 0.1) is 5.56 Å². The van der Waals surface area contributed by atoms with E-state index in [-0.39, 0.29) is 5.78 Å². The molecule has 4 nitrogen and oxygen atoms in total. The van der Waals surface area contributed by atoms with Gasteiger partial charge >= 0.3 is 6.18 Å². The van der Waals surface area contributed by atoms with E-state index in [0.29, 0.717) is 6.42 Å². The first kappa shape index (κ1) is 20.0. The second-order valence-electron chi connectivity index (χ2n) is 7.87. The average molecular weight is 405 g/mol. The number of piperazine rings is 1. The number of carbonyl (C=O) groups excluding carboxylic acids is 1. The summed E-state index contributed by atoms with van der Waals surface area (Å²) in [6.07, 6.45) is 1.37. The summed E-state index contributed by atoms with van der Waals surface area (Å²) in [5.74, 6) is 0.268. The fourth-order valence-corrected chi connectivity index (χ4v) is 4.35. The number of hydrogen-bond donors (Lipinski definition) is 0. The molecule has 1 aromatic heterocycles. The number of nitrogens with zero attached hydrogens (tertiary/aromatic N) is 3. The Labute approximate surface area is 168 Å². The summed E-state index contributed by atoms with van der Waals surface area (Å²) >= 11 is 0. The number of aromatic nitrogens is 1. The van der Waals surface area contributed by atoms with Gasteiger partial charge < -0.3 is 9.47 Å². The molecule has 0 atom stereocenters. The Morgan fingerprint density at radius 2 is 1.62 bits per heavy atom. The summed E-state index contributed by atoms with van der Waals surface area (Å²) in [6, 6.07) is 7.40. The van der Waals surface area contributed by atoms with Crippen molar-refractivity contribution in [2.24, 2.45) is 0 Å². The number of Topliss-reactive ketones (excluding diaryl/α,β-unsaturated/α-hetero) is 1. The Bertz CT molecular complexity index is 849. The van der Waals surface area contributed by atoms with Crippen LogP contribution in [0.1, 0.15) is 40.9 Å². The van der Waals surface area contributed by atoms with Crippen molar-refractivity contribution >= 4 is 11.5 Å². The molecular formula is C22H26F3N3O. The molecule has 0 unspecified atom stereocenters. The number of ketones is 1. The SMILES string of the molecule is O=C1CCCc2c1ccn2CCCN1CCN(c2ccc(C(F)(F)F)cc2)CC1. The monoisotopic (exact) mass is 405 g/mol. The van der Waals surface area contributed by atoms with Gasteiger partial charge in [-0.15, -0.1) is 0 Å². The number of halogens is 3. The van der Waals surface area contributed by atoms with Crippen LogP contribution in [0.5, 0.6) is 0 Å². The fourth-order valence-electron chi connectivity index (χ4n) is 4.35. The Balaban J connectivity index is 1.24. The van der Waals surface area contributed by atoms with Crippen molar-refractivity contribution < 1.29 is 18.0 Å². The molecule has 4 rings (SSSR count). The normalized spacial score (nSPS) is 18.2. The standard InChI is InChI=1S/C22H26F3N3O/c23-22(24,25)17-5-7-18(8-6-17)27-15-13-26(14-16-27)10-2-11-28-12-9-19-20(28)3-1-4-21(19)29/h5-9,12H,1-4,10-11,13-16H2. The summed E-state index contributed by atoms with van der Waals surface area (Å²) in [5.41, 5.74) is 2.34. The second-order valence-corrected chi connectivity index (χ2v) is 7.87. The van der Waals surface area contributed by atoms with Gasteiger partial charge in [0.15, 0.2) is 5.78 Å². The first-order valence-corrected chi connectivity index (χ1v) is 10.3. The van der Waals surface area contributed by atoms with E-state index in [2.05, 4.69) is 14.4 Å². The van der Waals surface area contributed by atoms with E-state index in [4.69, 9.17) is 0 Å². The zero-order chi connectivity index (χ0) is 20.4. The molecule has 0 spiro atoms. The molecule has 2 aliphatic rings. The molecule has 1 aliphatic heterocycles. The van der Waals surface area contributed by atoms with E-state index in [1.165, 1.54) is 5.69 Å². The molecule has 1 aromatic carbocycles. The highest BCUT2D eigenvalue weighted by atomic mass is 19.4. The van der Waals surface area contributed by atoms with E-state index in [0.717, 1.165) is 81.9 Å². The quantitative estimate of drug-likeness (QED) is 0.745. The van der Waals surface area contributed by atoms with Gasteiger partial charge in [0.1, 0.15) is 0 Å². The third-order valence-corrected chi connectivity index (χ3v) is 6.00. The highest BCUT2D eigenvalue weighted by Crippen LogP contribution is 2.30. The average Bonchev–Trinajstić information content (AvgIpc) is 3.13. The van der Waals surface area contributed by atoms with Crippen LogP contribution in [-0.4, -0.2) is 48.0 Å². The molecule has 7 heteroatoms. The summed E-state index contributed by atoms with van der Waals surface area (Å²) in [7, 11) is 0. The molecule has 1 fully saturated rings. The maximum absolute atomic E-state index is 12.7. The Morgan fingerprint density at radius 3 is 2.31 bits per heavy atom. The number of benzene rings is 1. The van der Waals surface area contributed by atoms with Gasteiger partial charge in [0.2, 0.25) is 0 Å². The minimum Gasteiger partial charge on any atom is -0.369 e. The van der Waals surface area contributed by atoms with Crippen LogP contribution in [0.2, 0.25) is 0 Å². The van der Waals surface area contributed by atoms with Crippen molar-refractivity contribution in [3.8, 4) is 0 Å². The zero-order valence-electron chi connectivity index (χ0n) is 16.4. The summed E-state index contributed by atoms with van der Waals surface area (Å²) < 4.78 is 40.3. The first-order valence-electron chi connectivity index (χ1n) is 10.3. The number of hydrogen-bond acceptors (Lipinski definition) is 3. The highest BCUT2D eigenvalue weighted by Gasteiger charge is 2.30. The predicted octanol–water partition coefficient (Wildman–Crippen LogP) is 4.24. The highest BCUT2D eigenvalue weighted by molar-refractivity contribution is 5.98. The molecule has 0 radical (unpaired) electrons. The smallest absolute Gasteiger partial charge is 0.369 e. The van der Waals surface area contributed by atoms with E-state index in [9.17, 15) is 18.0 Å². The van der Waals surface area contributed by atoms with Gasteiger partial charge in [0, 0.05) is 62.3 Å². The maximum Gasteiger partial charge on any atom is 0.416 e. The van der Waals surface area contributed by atoms with Crippen molar-refractivity contribution in [2.75, 3.05) is 37.6 Å². The van der Waals surface area contributed by atoms with Gasteiger partial charge in [0.25, 0.3) is 0 Å². The fraction of sp³-hybridized carbons (Fsp3) is 0.500. The Morgan fingerprint density at radius 1 is 0.897 bits per heavy atom. The van der Waals surface area contributed by atoms with Crippen LogP contribution in [0.25, 0.3) is 0 Å². The third kappa shape index (κ3) is 4.50. The Kier molecular flexibility index (Phi) is 5.67. The maximum atomic E-state index is 12.7. The molecule has 0 amide bonds. The van der Waals surface area contributed by atoms with Crippen LogP contribution in [-0.2, 0) is 19.1 Å². The molecular weight excluding hydrogens is 379 g/mol. The molecule has 2 heterocycles. The van der Waals surface area contributed by atoms with Gasteiger partial charge in [-0.1, -0.05) is 0 Å². The van der Waals surface area contributed by atoms with Gasteiger partial charge in [-0.2, -0.15) is 13.2 Å². The summed E-state index contributed by atoms with van der Waals surface area (Å²) in [6.45, 7) is 5.35. The first-order chi connectivity index (χ1) is 13.9. The molecule has 2 aromatic rings. The van der Waals surface area contributed by atoms with Crippen molar-refractivity contribution in [1.82, 2.24) is 9.47 Å². The summed E-state index contributed by atoms with van der Waals surface area (Å²) in [5, 5.41) is 0. The number of carbonyl (C=O) groups is 1. The molecule has 0 N–H and O–H groups in total. The Hall–Kier alpha value is -2.28. The van der Waals surface area contributed by atoms with Crippen LogP contribution < -0.4 is 4.90 Å². The van der Waals surface area contributed by atoms with Crippen molar-refractivity contribution in [3.05, 3.63) is 53.3 Å². The molecule has 1 saturated heterocycles. The molecule has 156 valence electrons. The minimum atomic E-state index is -4.29. The van der Waals surface area contributed by atoms with Gasteiger partial charge in [-0.05, 0) is 56.1 Å². The van der Waals surface area contributed by atoms with Gasteiger partial charge in [-0.25, -0.2) is 0 Å². The molecule has 1 aliphatic carbocycles. The summed E-state index contributed by atoms with van der Waals surface area (Å²) in [4.78, 5) is 16.5. The topological polar surface area (TPSA) is 28.5 Å². The second kappa shape index (κ2) is 8.22. The van der Waals surface area contributed by atoms with E-state index >= 15 is 0 Å². The van der Waals surface area contributed by atoms with Crippen LogP contribution >= 0.6 is 0 Å². The van der Waals surface area contributed by atoms with Crippen LogP contribution in [0, 0.1) is 0 Å². The van der Waals surface area contributed by atoms with Gasteiger partial charge in [-0.3, -0.25) is 9.69 Å².